The molecule has 0 unspecified atom stereocenters. The van der Waals surface area contributed by atoms with Gasteiger partial charge in [0.25, 0.3) is 5.56 Å². The Bertz CT molecular complexity index is 2090. The van der Waals surface area contributed by atoms with E-state index in [9.17, 15) is 4.79 Å². The second kappa shape index (κ2) is 12.7. The molecule has 216 valence electrons. The highest BCUT2D eigenvalue weighted by atomic mass is 79.9. The van der Waals surface area contributed by atoms with Crippen LogP contribution in [0.25, 0.3) is 33.5 Å². The van der Waals surface area contributed by atoms with E-state index in [1.807, 2.05) is 43.3 Å². The maximum atomic E-state index is 13.7. The van der Waals surface area contributed by atoms with Gasteiger partial charge >= 0.3 is 0 Å². The van der Waals surface area contributed by atoms with Crippen LogP contribution in [-0.4, -0.2) is 22.5 Å². The van der Waals surface area contributed by atoms with Gasteiger partial charge < -0.3 is 13.9 Å². The van der Waals surface area contributed by atoms with E-state index in [0.29, 0.717) is 62.0 Å². The monoisotopic (exact) mass is 783 g/mol. The molecule has 0 aliphatic heterocycles. The van der Waals surface area contributed by atoms with Crippen LogP contribution >= 0.6 is 59.4 Å². The van der Waals surface area contributed by atoms with E-state index in [1.165, 1.54) is 4.68 Å². The van der Waals surface area contributed by atoms with E-state index >= 15 is 0 Å². The van der Waals surface area contributed by atoms with Gasteiger partial charge in [-0.15, -0.1) is 0 Å². The van der Waals surface area contributed by atoms with Crippen LogP contribution in [0.5, 0.6) is 11.5 Å². The fraction of sp³-hybridized carbons (Fsp3) is 0.0938. The van der Waals surface area contributed by atoms with Crippen LogP contribution in [0.4, 0.5) is 0 Å². The van der Waals surface area contributed by atoms with Crippen LogP contribution in [0, 0.1) is 0 Å². The van der Waals surface area contributed by atoms with Gasteiger partial charge in [-0.2, -0.15) is 9.78 Å². The fourth-order valence-corrected chi connectivity index (χ4v) is 6.23. The lowest BCUT2D eigenvalue weighted by atomic mass is 10.2. The standard InChI is InChI=1S/C32H21Br3ClN3O4/c1-2-41-28-13-20(25(35)15-29(28)42-17-18-7-8-21(33)14-24(18)34)16-37-39-31(38-26-6-4-3-5-23(26)32(39)40)30-12-19-11-22(36)9-10-27(19)43-30/h3-16H,2,17H2,1H3. The first-order chi connectivity index (χ1) is 20.8. The highest BCUT2D eigenvalue weighted by Crippen LogP contribution is 2.35. The topological polar surface area (TPSA) is 78.9 Å². The summed E-state index contributed by atoms with van der Waals surface area (Å²) in [5.41, 5.74) is 2.47. The van der Waals surface area contributed by atoms with E-state index in [-0.39, 0.29) is 11.4 Å². The van der Waals surface area contributed by atoms with Gasteiger partial charge in [0.05, 0.1) is 23.7 Å². The van der Waals surface area contributed by atoms with Gasteiger partial charge in [0.15, 0.2) is 17.3 Å². The van der Waals surface area contributed by atoms with Gasteiger partial charge in [-0.3, -0.25) is 4.79 Å². The zero-order chi connectivity index (χ0) is 30.1. The minimum atomic E-state index is -0.337. The highest BCUT2D eigenvalue weighted by Gasteiger charge is 2.17. The molecule has 4 aromatic carbocycles. The van der Waals surface area contributed by atoms with E-state index in [0.717, 1.165) is 19.9 Å². The summed E-state index contributed by atoms with van der Waals surface area (Å²) in [6, 6.07) is 23.8. The summed E-state index contributed by atoms with van der Waals surface area (Å²) in [4.78, 5) is 18.4. The molecule has 0 radical (unpaired) electrons. The normalized spacial score (nSPS) is 11.6. The third-order valence-electron chi connectivity index (χ3n) is 6.53. The molecule has 0 aliphatic rings. The third-order valence-corrected chi connectivity index (χ3v) is 8.68. The minimum absolute atomic E-state index is 0.258. The number of furan rings is 1. The number of fused-ring (bicyclic) bond motifs is 2. The molecule has 0 bridgehead atoms. The van der Waals surface area contributed by atoms with Gasteiger partial charge in [0.2, 0.25) is 5.82 Å². The Balaban J connectivity index is 1.40. The molecule has 0 atom stereocenters. The summed E-state index contributed by atoms with van der Waals surface area (Å²) in [7, 11) is 0. The molecular weight excluding hydrogens is 766 g/mol. The van der Waals surface area contributed by atoms with Crippen LogP contribution in [0.15, 0.2) is 107 Å². The fourth-order valence-electron chi connectivity index (χ4n) is 4.46. The number of rotatable bonds is 8. The molecule has 0 saturated carbocycles. The molecule has 0 saturated heterocycles. The summed E-state index contributed by atoms with van der Waals surface area (Å²) in [6.45, 7) is 2.67. The Hall–Kier alpha value is -3.44. The number of aromatic nitrogens is 2. The third kappa shape index (κ3) is 6.28. The zero-order valence-corrected chi connectivity index (χ0v) is 28.0. The van der Waals surface area contributed by atoms with Crippen molar-refractivity contribution >= 4 is 87.5 Å². The number of para-hydroxylation sites is 1. The maximum Gasteiger partial charge on any atom is 0.282 e. The van der Waals surface area contributed by atoms with Crippen LogP contribution < -0.4 is 15.0 Å². The summed E-state index contributed by atoms with van der Waals surface area (Å²) in [6.07, 6.45) is 1.57. The number of hydrogen-bond acceptors (Lipinski definition) is 6. The Morgan fingerprint density at radius 1 is 0.953 bits per heavy atom. The van der Waals surface area contributed by atoms with Crippen molar-refractivity contribution in [2.45, 2.75) is 13.5 Å². The van der Waals surface area contributed by atoms with Gasteiger partial charge in [0, 0.05) is 35.0 Å². The second-order valence-corrected chi connectivity index (χ2v) is 12.4. The van der Waals surface area contributed by atoms with Crippen molar-refractivity contribution in [2.24, 2.45) is 5.10 Å². The summed E-state index contributed by atoms with van der Waals surface area (Å²) < 4.78 is 22.0. The molecule has 0 N–H and O–H groups in total. The molecule has 2 aromatic heterocycles. The molecule has 0 aliphatic carbocycles. The minimum Gasteiger partial charge on any atom is -0.490 e. The molecule has 2 heterocycles. The first-order valence-electron chi connectivity index (χ1n) is 13.1. The Labute approximate surface area is 276 Å². The first-order valence-corrected chi connectivity index (χ1v) is 15.8. The van der Waals surface area contributed by atoms with Crippen molar-refractivity contribution in [3.05, 3.63) is 119 Å². The van der Waals surface area contributed by atoms with Crippen molar-refractivity contribution in [2.75, 3.05) is 6.61 Å². The average Bonchev–Trinajstić information content (AvgIpc) is 3.41. The number of benzene rings is 4. The van der Waals surface area contributed by atoms with Gasteiger partial charge in [-0.25, -0.2) is 4.98 Å². The Kier molecular flexibility index (Phi) is 8.72. The molecule has 0 fully saturated rings. The number of hydrogen-bond donors (Lipinski definition) is 0. The quantitative estimate of drug-likeness (QED) is 0.144. The first kappa shape index (κ1) is 29.6. The lowest BCUT2D eigenvalue weighted by Crippen LogP contribution is -2.20. The van der Waals surface area contributed by atoms with E-state index in [1.54, 1.807) is 48.7 Å². The molecule has 0 spiro atoms. The number of halogens is 4. The van der Waals surface area contributed by atoms with E-state index in [2.05, 4.69) is 52.9 Å². The van der Waals surface area contributed by atoms with Crippen molar-refractivity contribution in [3.8, 4) is 23.1 Å². The molecule has 43 heavy (non-hydrogen) atoms. The number of nitrogens with zero attached hydrogens (tertiary/aromatic N) is 3. The summed E-state index contributed by atoms with van der Waals surface area (Å²) >= 11 is 16.9. The van der Waals surface area contributed by atoms with Gasteiger partial charge in [-0.05, 0) is 83.5 Å². The van der Waals surface area contributed by atoms with Gasteiger partial charge in [0.1, 0.15) is 12.2 Å². The van der Waals surface area contributed by atoms with Crippen LogP contribution in [0.2, 0.25) is 5.02 Å². The van der Waals surface area contributed by atoms with Crippen molar-refractivity contribution < 1.29 is 13.9 Å². The average molecular weight is 787 g/mol. The Morgan fingerprint density at radius 2 is 1.77 bits per heavy atom. The lowest BCUT2D eigenvalue weighted by molar-refractivity contribution is 0.268. The summed E-state index contributed by atoms with van der Waals surface area (Å²) in [5, 5.41) is 6.38. The van der Waals surface area contributed by atoms with Crippen molar-refractivity contribution in [3.63, 3.8) is 0 Å². The van der Waals surface area contributed by atoms with Crippen LogP contribution in [0.1, 0.15) is 18.1 Å². The predicted octanol–water partition coefficient (Wildman–Crippen LogP) is 9.61. The molecular formula is C32H21Br3ClN3O4. The smallest absolute Gasteiger partial charge is 0.282 e. The Morgan fingerprint density at radius 3 is 2.58 bits per heavy atom. The number of ether oxygens (including phenoxy) is 2. The molecule has 0 amide bonds. The molecule has 11 heteroatoms. The van der Waals surface area contributed by atoms with Crippen LogP contribution in [-0.2, 0) is 6.61 Å². The van der Waals surface area contributed by atoms with E-state index < -0.39 is 0 Å². The molecule has 7 nitrogen and oxygen atoms in total. The lowest BCUT2D eigenvalue weighted by Gasteiger charge is -2.15. The van der Waals surface area contributed by atoms with Gasteiger partial charge in [-0.1, -0.05) is 61.7 Å². The highest BCUT2D eigenvalue weighted by molar-refractivity contribution is 9.11. The summed E-state index contributed by atoms with van der Waals surface area (Å²) in [5.74, 6) is 1.74. The molecule has 6 rings (SSSR count). The predicted molar refractivity (Wildman–Crippen MR) is 181 cm³/mol. The van der Waals surface area contributed by atoms with E-state index in [4.69, 9.17) is 30.5 Å². The largest absolute Gasteiger partial charge is 0.490 e. The van der Waals surface area contributed by atoms with Crippen molar-refractivity contribution in [1.82, 2.24) is 9.66 Å². The second-order valence-electron chi connectivity index (χ2n) is 9.38. The van der Waals surface area contributed by atoms with Crippen LogP contribution in [0.3, 0.4) is 0 Å². The SMILES string of the molecule is CCOc1cc(C=Nn2c(-c3cc4cc(Cl)ccc4o3)nc3ccccc3c2=O)c(Br)cc1OCc1ccc(Br)cc1Br. The maximum absolute atomic E-state index is 13.7. The zero-order valence-electron chi connectivity index (χ0n) is 22.5. The van der Waals surface area contributed by atoms with Crippen molar-refractivity contribution in [1.29, 1.82) is 0 Å². The molecule has 6 aromatic rings.